The Bertz CT molecular complexity index is 930. The van der Waals surface area contributed by atoms with Crippen LogP contribution >= 0.6 is 11.6 Å². The van der Waals surface area contributed by atoms with Gasteiger partial charge in [0, 0.05) is 18.7 Å². The maximum absolute atomic E-state index is 13.9. The highest BCUT2D eigenvalue weighted by molar-refractivity contribution is 7.89. The van der Waals surface area contributed by atoms with Gasteiger partial charge in [0.25, 0.3) is 5.91 Å². The molecule has 1 aliphatic heterocycles. The van der Waals surface area contributed by atoms with Gasteiger partial charge in [-0.2, -0.15) is 4.31 Å². The first-order chi connectivity index (χ1) is 12.4. The Morgan fingerprint density at radius 3 is 2.58 bits per heavy atom. The first-order valence-corrected chi connectivity index (χ1v) is 9.65. The Labute approximate surface area is 155 Å². The van der Waals surface area contributed by atoms with Crippen molar-refractivity contribution in [3.63, 3.8) is 0 Å². The molecule has 9 heteroatoms. The van der Waals surface area contributed by atoms with E-state index in [1.807, 2.05) is 0 Å². The van der Waals surface area contributed by atoms with Crippen LogP contribution < -0.4 is 5.32 Å². The molecule has 0 spiro atoms. The highest BCUT2D eigenvalue weighted by atomic mass is 35.5. The van der Waals surface area contributed by atoms with Gasteiger partial charge in [0.1, 0.15) is 0 Å². The van der Waals surface area contributed by atoms with Crippen molar-refractivity contribution in [3.8, 4) is 0 Å². The highest BCUT2D eigenvalue weighted by Crippen LogP contribution is 2.23. The second-order valence-electron chi connectivity index (χ2n) is 5.60. The van der Waals surface area contributed by atoms with E-state index >= 15 is 0 Å². The van der Waals surface area contributed by atoms with E-state index in [0.29, 0.717) is 13.2 Å². The van der Waals surface area contributed by atoms with Crippen LogP contribution in [0.25, 0.3) is 0 Å². The summed E-state index contributed by atoms with van der Waals surface area (Å²) in [7, 11) is -3.73. The molecule has 26 heavy (non-hydrogen) atoms. The number of sulfonamides is 1. The highest BCUT2D eigenvalue weighted by Gasteiger charge is 2.27. The molecule has 0 aliphatic carbocycles. The molecule has 0 atom stereocenters. The molecule has 0 bridgehead atoms. The minimum Gasteiger partial charge on any atom is -0.379 e. The molecule has 1 N–H and O–H groups in total. The molecule has 0 radical (unpaired) electrons. The molecular weight excluding hydrogens is 383 g/mol. The molecule has 138 valence electrons. The zero-order valence-corrected chi connectivity index (χ0v) is 15.2. The maximum Gasteiger partial charge on any atom is 0.255 e. The van der Waals surface area contributed by atoms with Gasteiger partial charge in [0.2, 0.25) is 10.0 Å². The van der Waals surface area contributed by atoms with Crippen LogP contribution in [0.5, 0.6) is 0 Å². The SMILES string of the molecule is O=C(Nc1cccc(Cl)c1F)c1cccc(S(=O)(=O)N2CCOCC2)c1. The number of nitrogens with one attached hydrogen (secondary N) is 1. The quantitative estimate of drug-likeness (QED) is 0.859. The number of hydrogen-bond donors (Lipinski definition) is 1. The zero-order chi connectivity index (χ0) is 18.7. The number of anilines is 1. The Morgan fingerprint density at radius 1 is 1.15 bits per heavy atom. The predicted molar refractivity (Wildman–Crippen MR) is 95.4 cm³/mol. The third kappa shape index (κ3) is 3.88. The first-order valence-electron chi connectivity index (χ1n) is 7.83. The van der Waals surface area contributed by atoms with Gasteiger partial charge in [-0.05, 0) is 30.3 Å². The summed E-state index contributed by atoms with van der Waals surface area (Å²) < 4.78 is 45.8. The lowest BCUT2D eigenvalue weighted by Gasteiger charge is -2.26. The molecule has 1 saturated heterocycles. The van der Waals surface area contributed by atoms with Crippen molar-refractivity contribution in [1.29, 1.82) is 0 Å². The summed E-state index contributed by atoms with van der Waals surface area (Å²) in [5, 5.41) is 2.28. The van der Waals surface area contributed by atoms with Gasteiger partial charge in [0.05, 0.1) is 28.8 Å². The van der Waals surface area contributed by atoms with Gasteiger partial charge in [-0.15, -0.1) is 0 Å². The van der Waals surface area contributed by atoms with Crippen molar-refractivity contribution in [2.45, 2.75) is 4.90 Å². The van der Waals surface area contributed by atoms with Crippen molar-refractivity contribution >= 4 is 33.2 Å². The standard InChI is InChI=1S/C17H16ClFN2O4S/c18-14-5-2-6-15(16(14)19)20-17(22)12-3-1-4-13(11-12)26(23,24)21-7-9-25-10-8-21/h1-6,11H,7-10H2,(H,20,22). The fraction of sp³-hybridized carbons (Fsp3) is 0.235. The number of morpholine rings is 1. The number of carbonyl (C=O) groups excluding carboxylic acids is 1. The van der Waals surface area contributed by atoms with Crippen LogP contribution in [0.1, 0.15) is 10.4 Å². The van der Waals surface area contributed by atoms with Crippen molar-refractivity contribution in [3.05, 3.63) is 58.9 Å². The Hall–Kier alpha value is -2.00. The van der Waals surface area contributed by atoms with Crippen molar-refractivity contribution in [1.82, 2.24) is 4.31 Å². The third-order valence-corrected chi connectivity index (χ3v) is 6.09. The van der Waals surface area contributed by atoms with Gasteiger partial charge in [-0.1, -0.05) is 23.7 Å². The van der Waals surface area contributed by atoms with Crippen LogP contribution in [0.3, 0.4) is 0 Å². The molecule has 1 fully saturated rings. The molecule has 2 aromatic carbocycles. The molecular formula is C17H16ClFN2O4S. The zero-order valence-electron chi connectivity index (χ0n) is 13.6. The maximum atomic E-state index is 13.9. The van der Waals surface area contributed by atoms with Crippen LogP contribution in [-0.2, 0) is 14.8 Å². The fourth-order valence-electron chi connectivity index (χ4n) is 2.53. The van der Waals surface area contributed by atoms with Crippen LogP contribution in [0.2, 0.25) is 5.02 Å². The lowest BCUT2D eigenvalue weighted by Crippen LogP contribution is -2.40. The van der Waals surface area contributed by atoms with Crippen LogP contribution in [0.15, 0.2) is 47.4 Å². The van der Waals surface area contributed by atoms with E-state index in [1.54, 1.807) is 0 Å². The van der Waals surface area contributed by atoms with E-state index < -0.39 is 21.7 Å². The van der Waals surface area contributed by atoms with E-state index in [4.69, 9.17) is 16.3 Å². The van der Waals surface area contributed by atoms with Gasteiger partial charge in [0.15, 0.2) is 5.82 Å². The lowest BCUT2D eigenvalue weighted by molar-refractivity contribution is 0.0730. The molecule has 0 unspecified atom stereocenters. The summed E-state index contributed by atoms with van der Waals surface area (Å²) in [5.74, 6) is -1.38. The Balaban J connectivity index is 1.84. The number of halogens is 2. The summed E-state index contributed by atoms with van der Waals surface area (Å²) in [5.41, 5.74) is 0.0163. The Kier molecular flexibility index (Phi) is 5.57. The van der Waals surface area contributed by atoms with Crippen LogP contribution in [0.4, 0.5) is 10.1 Å². The number of amides is 1. The molecule has 3 rings (SSSR count). The second kappa shape index (κ2) is 7.71. The van der Waals surface area contributed by atoms with Crippen LogP contribution in [-0.4, -0.2) is 44.9 Å². The second-order valence-corrected chi connectivity index (χ2v) is 7.94. The molecule has 0 saturated carbocycles. The topological polar surface area (TPSA) is 75.7 Å². The number of hydrogen-bond acceptors (Lipinski definition) is 4. The number of nitrogens with zero attached hydrogens (tertiary/aromatic N) is 1. The van der Waals surface area contributed by atoms with E-state index in [2.05, 4.69) is 5.32 Å². The smallest absolute Gasteiger partial charge is 0.255 e. The summed E-state index contributed by atoms with van der Waals surface area (Å²) in [6.07, 6.45) is 0. The predicted octanol–water partition coefficient (Wildman–Crippen LogP) is 2.75. The Morgan fingerprint density at radius 2 is 1.85 bits per heavy atom. The molecule has 1 heterocycles. The molecule has 2 aromatic rings. The average Bonchev–Trinajstić information content (AvgIpc) is 2.66. The number of rotatable bonds is 4. The molecule has 1 amide bonds. The van der Waals surface area contributed by atoms with Gasteiger partial charge < -0.3 is 10.1 Å². The van der Waals surface area contributed by atoms with Crippen molar-refractivity contribution in [2.24, 2.45) is 0 Å². The van der Waals surface area contributed by atoms with Crippen molar-refractivity contribution < 1.29 is 22.3 Å². The van der Waals surface area contributed by atoms with Gasteiger partial charge in [-0.3, -0.25) is 4.79 Å². The minimum absolute atomic E-state index is 0.00128. The van der Waals surface area contributed by atoms with E-state index in [1.165, 1.54) is 46.8 Å². The van der Waals surface area contributed by atoms with E-state index in [-0.39, 0.29) is 34.3 Å². The molecule has 1 aliphatic rings. The van der Waals surface area contributed by atoms with Gasteiger partial charge >= 0.3 is 0 Å². The number of carbonyl (C=O) groups is 1. The molecule has 0 aromatic heterocycles. The van der Waals surface area contributed by atoms with Gasteiger partial charge in [-0.25, -0.2) is 12.8 Å². The third-order valence-electron chi connectivity index (χ3n) is 3.90. The van der Waals surface area contributed by atoms with E-state index in [0.717, 1.165) is 0 Å². The minimum atomic E-state index is -3.73. The van der Waals surface area contributed by atoms with Crippen LogP contribution in [0, 0.1) is 5.82 Å². The van der Waals surface area contributed by atoms with E-state index in [9.17, 15) is 17.6 Å². The fourth-order valence-corrected chi connectivity index (χ4v) is 4.16. The normalized spacial score (nSPS) is 15.6. The first kappa shape index (κ1) is 18.8. The summed E-state index contributed by atoms with van der Waals surface area (Å²) in [6, 6.07) is 9.84. The monoisotopic (exact) mass is 398 g/mol. The number of ether oxygens (including phenoxy) is 1. The average molecular weight is 399 g/mol. The summed E-state index contributed by atoms with van der Waals surface area (Å²) >= 11 is 5.69. The van der Waals surface area contributed by atoms with Crippen molar-refractivity contribution in [2.75, 3.05) is 31.6 Å². The molecule has 6 nitrogen and oxygen atoms in total. The summed E-state index contributed by atoms with van der Waals surface area (Å²) in [6.45, 7) is 1.17. The largest absolute Gasteiger partial charge is 0.379 e. The number of benzene rings is 2. The lowest BCUT2D eigenvalue weighted by atomic mass is 10.2. The summed E-state index contributed by atoms with van der Waals surface area (Å²) in [4.78, 5) is 12.4.